The molecular formula is C8H26MoN2S4. The third kappa shape index (κ3) is 974. The Balaban J connectivity index is -0.0000000322. The van der Waals surface area contributed by atoms with Crippen LogP contribution in [0.3, 0.4) is 0 Å². The van der Waals surface area contributed by atoms with E-state index >= 15 is 0 Å². The van der Waals surface area contributed by atoms with Gasteiger partial charge in [-0.3, -0.25) is 0 Å². The van der Waals surface area contributed by atoms with E-state index in [9.17, 15) is 0 Å². The number of nitrogens with zero attached hydrogens (tertiary/aromatic N) is 2. The summed E-state index contributed by atoms with van der Waals surface area (Å²) < 4.78 is 2.00. The van der Waals surface area contributed by atoms with E-state index in [2.05, 4.69) is 76.0 Å². The number of hydrogen-bond donors (Lipinski definition) is 0. The molecule has 0 amide bonds. The molecule has 0 fully saturated rings. The second kappa shape index (κ2) is 15.7. The molecule has 0 aliphatic rings. The predicted octanol–water partition coefficient (Wildman–Crippen LogP) is 1.40. The van der Waals surface area contributed by atoms with Crippen LogP contribution in [0.1, 0.15) is 0 Å². The Bertz CT molecular complexity index is 122. The number of thiol groups is 2. The van der Waals surface area contributed by atoms with Crippen LogP contribution >= 0.6 is 19.6 Å². The van der Waals surface area contributed by atoms with Crippen LogP contribution in [0.15, 0.2) is 0 Å². The Kier molecular flexibility index (Phi) is 31.6. The van der Waals surface area contributed by atoms with Gasteiger partial charge in [-0.05, 0) is 0 Å². The van der Waals surface area contributed by atoms with Crippen LogP contribution in [0.25, 0.3) is 0 Å². The van der Waals surface area contributed by atoms with Crippen molar-refractivity contribution in [2.75, 3.05) is 56.4 Å². The van der Waals surface area contributed by atoms with Crippen LogP contribution < -0.4 is 0 Å². The second-order valence-electron chi connectivity index (χ2n) is 5.43. The van der Waals surface area contributed by atoms with E-state index in [1.165, 1.54) is 0 Å². The molecule has 15 heavy (non-hydrogen) atoms. The van der Waals surface area contributed by atoms with E-state index in [1.807, 2.05) is 0 Å². The summed E-state index contributed by atoms with van der Waals surface area (Å²) in [6.45, 7) is 0. The minimum absolute atomic E-state index is 0. The summed E-state index contributed by atoms with van der Waals surface area (Å²) in [4.78, 5) is 0. The van der Waals surface area contributed by atoms with Gasteiger partial charge in [0.2, 0.25) is 0 Å². The van der Waals surface area contributed by atoms with E-state index < -0.39 is 0 Å². The average Bonchev–Trinajstić information content (AvgIpc) is 1.52. The first-order chi connectivity index (χ1) is 5.41. The van der Waals surface area contributed by atoms with Gasteiger partial charge in [-0.25, -0.2) is 0 Å². The zero-order valence-electron chi connectivity index (χ0n) is 11.0. The monoisotopic (exact) mass is 376 g/mol. The topological polar surface area (TPSA) is 0 Å². The van der Waals surface area contributed by atoms with Crippen molar-refractivity contribution in [2.45, 2.75) is 0 Å². The molecular weight excluding hydrogens is 348 g/mol. The molecule has 0 aliphatic heterocycles. The summed E-state index contributed by atoms with van der Waals surface area (Å²) in [5, 5.41) is 0. The van der Waals surface area contributed by atoms with E-state index in [0.717, 1.165) is 8.97 Å². The molecule has 0 bridgehead atoms. The van der Waals surface area contributed by atoms with Crippen LogP contribution in [-0.2, 0) is 41.9 Å². The van der Waals surface area contributed by atoms with Crippen LogP contribution in [0.5, 0.6) is 0 Å². The van der Waals surface area contributed by atoms with Gasteiger partial charge in [0.15, 0.2) is 0 Å². The molecule has 7 heteroatoms. The maximum absolute atomic E-state index is 4.34. The van der Waals surface area contributed by atoms with E-state index in [1.54, 1.807) is 0 Å². The molecule has 2 nitrogen and oxygen atoms in total. The molecule has 0 atom stereocenters. The van der Waals surface area contributed by atoms with Crippen molar-refractivity contribution < 1.29 is 23.9 Å². The normalized spacial score (nSPS) is 8.80. The van der Waals surface area contributed by atoms with Crippen LogP contribution in [0.4, 0.5) is 0 Å². The van der Waals surface area contributed by atoms with Crippen molar-refractivity contribution in [1.29, 1.82) is 0 Å². The molecule has 0 aromatic rings. The second-order valence-corrected chi connectivity index (χ2v) is 8.99. The summed E-state index contributed by atoms with van der Waals surface area (Å²) >= 11 is -0.363. The molecule has 0 N–H and O–H groups in total. The van der Waals surface area contributed by atoms with Gasteiger partial charge >= 0.3 is 34.6 Å². The Hall–Kier alpha value is 1.75. The standard InChI is InChI=1S/2C4H12N.Mo.2H2S.2S/c2*1-5(2,3)4;;;;;/h2*1-4H3;;2*1H2;;/q2*+1;;;;;/p-2. The molecule has 0 aliphatic carbocycles. The summed E-state index contributed by atoms with van der Waals surface area (Å²) in [5.41, 5.74) is 0. The minimum atomic E-state index is -0.363. The summed E-state index contributed by atoms with van der Waals surface area (Å²) in [6.07, 6.45) is 0. The molecule has 0 unspecified atom stereocenters. The molecule has 0 heterocycles. The molecule has 0 saturated heterocycles. The van der Waals surface area contributed by atoms with Crippen molar-refractivity contribution in [3.63, 3.8) is 0 Å². The molecule has 0 saturated carbocycles. The molecule has 0 radical (unpaired) electrons. The number of hydrogen-bond acceptors (Lipinski definition) is 4. The molecule has 0 rings (SSSR count). The third-order valence-corrected chi connectivity index (χ3v) is 0. The zero-order chi connectivity index (χ0) is 11.7. The SMILES string of the molecule is C[N+](C)(C)C.C[N+](C)(C)C.[SH-].[SH-].[S]=[Mo]=[S]. The van der Waals surface area contributed by atoms with Gasteiger partial charge in [-0.1, -0.05) is 0 Å². The summed E-state index contributed by atoms with van der Waals surface area (Å²) in [7, 11) is 25.7. The van der Waals surface area contributed by atoms with Gasteiger partial charge in [0, 0.05) is 0 Å². The predicted molar refractivity (Wildman–Crippen MR) is 80.6 cm³/mol. The van der Waals surface area contributed by atoms with Gasteiger partial charge in [-0.15, -0.1) is 0 Å². The van der Waals surface area contributed by atoms with Crippen molar-refractivity contribution in [2.24, 2.45) is 0 Å². The Morgan fingerprint density at radius 3 is 0.600 bits per heavy atom. The van der Waals surface area contributed by atoms with Crippen LogP contribution in [0.2, 0.25) is 0 Å². The summed E-state index contributed by atoms with van der Waals surface area (Å²) in [5.74, 6) is 0. The van der Waals surface area contributed by atoms with E-state index in [0.29, 0.717) is 0 Å². The van der Waals surface area contributed by atoms with Crippen molar-refractivity contribution in [3.05, 3.63) is 0 Å². The van der Waals surface area contributed by atoms with Crippen molar-refractivity contribution in [1.82, 2.24) is 0 Å². The van der Waals surface area contributed by atoms with Gasteiger partial charge in [-0.2, -0.15) is 0 Å². The zero-order valence-corrected chi connectivity index (χ0v) is 16.4. The molecule has 98 valence electrons. The Morgan fingerprint density at radius 1 is 0.600 bits per heavy atom. The first-order valence-electron chi connectivity index (χ1n) is 3.91. The van der Waals surface area contributed by atoms with Gasteiger partial charge in [0.05, 0.1) is 56.4 Å². The molecule has 0 aromatic heterocycles. The van der Waals surface area contributed by atoms with Gasteiger partial charge in [0.25, 0.3) is 0 Å². The van der Waals surface area contributed by atoms with Crippen LogP contribution in [0, 0.1) is 0 Å². The fourth-order valence-corrected chi connectivity index (χ4v) is 0. The Labute approximate surface area is 126 Å². The van der Waals surface area contributed by atoms with E-state index in [-0.39, 0.29) is 41.9 Å². The molecule has 0 spiro atoms. The maximum atomic E-state index is 4.34. The van der Waals surface area contributed by atoms with Gasteiger partial charge in [0.1, 0.15) is 0 Å². The summed E-state index contributed by atoms with van der Waals surface area (Å²) in [6, 6.07) is 0. The number of rotatable bonds is 0. The fraction of sp³-hybridized carbons (Fsp3) is 1.00. The number of quaternary nitrogens is 2. The third-order valence-electron chi connectivity index (χ3n) is 0. The van der Waals surface area contributed by atoms with Gasteiger partial charge < -0.3 is 36.0 Å². The Morgan fingerprint density at radius 2 is 0.600 bits per heavy atom. The fourth-order valence-electron chi connectivity index (χ4n) is 0. The van der Waals surface area contributed by atoms with Crippen LogP contribution in [-0.4, -0.2) is 65.3 Å². The molecule has 0 aromatic carbocycles. The first kappa shape index (κ1) is 30.1. The van der Waals surface area contributed by atoms with E-state index in [4.69, 9.17) is 0 Å². The average molecular weight is 375 g/mol. The quantitative estimate of drug-likeness (QED) is 0.272. The van der Waals surface area contributed by atoms with Crippen molar-refractivity contribution in [3.8, 4) is 0 Å². The first-order valence-corrected chi connectivity index (χ1v) is 9.49. The van der Waals surface area contributed by atoms with Crippen molar-refractivity contribution >= 4 is 46.6 Å².